The number of fused-ring (bicyclic) bond motifs is 1. The molecule has 0 saturated carbocycles. The number of aliphatic hydroxyl groups excluding tert-OH is 1. The zero-order chi connectivity index (χ0) is 12.5. The van der Waals surface area contributed by atoms with Gasteiger partial charge in [0.1, 0.15) is 0 Å². The van der Waals surface area contributed by atoms with Crippen molar-refractivity contribution in [3.05, 3.63) is 29.3 Å². The third kappa shape index (κ3) is 2.48. The molecule has 1 aliphatic heterocycles. The first-order valence-electron chi connectivity index (χ1n) is 5.78. The maximum Gasteiger partial charge on any atom is 0.228 e. The molecule has 0 bridgehead atoms. The normalized spacial score (nSPS) is 14.6. The zero-order valence-corrected chi connectivity index (χ0v) is 10.2. The predicted octanol–water partition coefficient (Wildman–Crippen LogP) is 0.998. The number of hydrogen-bond donors (Lipinski definition) is 3. The summed E-state index contributed by atoms with van der Waals surface area (Å²) in [4.78, 5) is 11.3. The van der Waals surface area contributed by atoms with Crippen molar-refractivity contribution < 1.29 is 9.90 Å². The molecule has 92 valence electrons. The van der Waals surface area contributed by atoms with Crippen LogP contribution in [0.4, 0.5) is 5.69 Å². The van der Waals surface area contributed by atoms with Crippen molar-refractivity contribution in [1.29, 1.82) is 0 Å². The molecule has 1 amide bonds. The number of rotatable bonds is 4. The van der Waals surface area contributed by atoms with Crippen LogP contribution in [0.1, 0.15) is 25.0 Å². The van der Waals surface area contributed by atoms with Crippen LogP contribution in [0.15, 0.2) is 18.2 Å². The third-order valence-electron chi connectivity index (χ3n) is 3.19. The van der Waals surface area contributed by atoms with Crippen LogP contribution in [-0.2, 0) is 16.6 Å². The maximum atomic E-state index is 11.3. The lowest BCUT2D eigenvalue weighted by Crippen LogP contribution is -2.33. The van der Waals surface area contributed by atoms with Crippen LogP contribution in [0.3, 0.4) is 0 Å². The molecule has 1 aromatic rings. The number of nitrogens with one attached hydrogen (secondary N) is 2. The Morgan fingerprint density at radius 3 is 2.94 bits per heavy atom. The van der Waals surface area contributed by atoms with Crippen molar-refractivity contribution in [2.75, 3.05) is 18.6 Å². The standard InChI is InChI=1S/C13H18N2O2/c1-13(2,7-14-8-16)10-3-4-11-9(5-10)6-12(17)15-11/h3-5,14,16H,6-8H2,1-2H3,(H,15,17). The van der Waals surface area contributed by atoms with Gasteiger partial charge in [-0.3, -0.25) is 10.1 Å². The number of amides is 1. The van der Waals surface area contributed by atoms with Gasteiger partial charge < -0.3 is 10.4 Å². The Morgan fingerprint density at radius 1 is 1.47 bits per heavy atom. The molecule has 0 unspecified atom stereocenters. The molecule has 4 nitrogen and oxygen atoms in total. The molecular formula is C13H18N2O2. The molecule has 3 N–H and O–H groups in total. The molecule has 1 aliphatic rings. The van der Waals surface area contributed by atoms with Crippen molar-refractivity contribution in [1.82, 2.24) is 5.32 Å². The van der Waals surface area contributed by atoms with Crippen molar-refractivity contribution in [2.45, 2.75) is 25.7 Å². The number of anilines is 1. The highest BCUT2D eigenvalue weighted by Gasteiger charge is 2.24. The van der Waals surface area contributed by atoms with Crippen molar-refractivity contribution in [3.8, 4) is 0 Å². The van der Waals surface area contributed by atoms with Gasteiger partial charge in [-0.25, -0.2) is 0 Å². The molecule has 1 aromatic carbocycles. The minimum Gasteiger partial charge on any atom is -0.381 e. The van der Waals surface area contributed by atoms with E-state index in [0.29, 0.717) is 13.0 Å². The van der Waals surface area contributed by atoms with Crippen molar-refractivity contribution in [3.63, 3.8) is 0 Å². The fourth-order valence-corrected chi connectivity index (χ4v) is 2.12. The Labute approximate surface area is 101 Å². The second-order valence-electron chi connectivity index (χ2n) is 5.07. The molecule has 4 heteroatoms. The molecule has 0 radical (unpaired) electrons. The highest BCUT2D eigenvalue weighted by Crippen LogP contribution is 2.29. The average molecular weight is 234 g/mol. The van der Waals surface area contributed by atoms with Crippen molar-refractivity contribution >= 4 is 11.6 Å². The maximum absolute atomic E-state index is 11.3. The molecule has 0 atom stereocenters. The summed E-state index contributed by atoms with van der Waals surface area (Å²) in [6, 6.07) is 6.06. The number of benzene rings is 1. The number of aliphatic hydroxyl groups is 1. The Bertz CT molecular complexity index is 441. The Kier molecular flexibility index (Phi) is 3.17. The largest absolute Gasteiger partial charge is 0.381 e. The molecule has 2 rings (SSSR count). The van der Waals surface area contributed by atoms with Gasteiger partial charge in [0.05, 0.1) is 13.2 Å². The molecule has 0 aliphatic carbocycles. The van der Waals surface area contributed by atoms with Crippen LogP contribution in [-0.4, -0.2) is 24.3 Å². The van der Waals surface area contributed by atoms with Gasteiger partial charge >= 0.3 is 0 Å². The predicted molar refractivity (Wildman–Crippen MR) is 66.9 cm³/mol. The summed E-state index contributed by atoms with van der Waals surface area (Å²) in [5.74, 6) is 0.0587. The van der Waals surface area contributed by atoms with Gasteiger partial charge in [-0.1, -0.05) is 26.0 Å². The number of hydrogen-bond acceptors (Lipinski definition) is 3. The first-order chi connectivity index (χ1) is 8.03. The fraction of sp³-hybridized carbons (Fsp3) is 0.462. The third-order valence-corrected chi connectivity index (χ3v) is 3.19. The summed E-state index contributed by atoms with van der Waals surface area (Å²) in [5, 5.41) is 14.6. The van der Waals surface area contributed by atoms with E-state index in [-0.39, 0.29) is 18.1 Å². The zero-order valence-electron chi connectivity index (χ0n) is 10.2. The summed E-state index contributed by atoms with van der Waals surface area (Å²) in [6.07, 6.45) is 0.465. The van der Waals surface area contributed by atoms with E-state index in [4.69, 9.17) is 5.11 Å². The summed E-state index contributed by atoms with van der Waals surface area (Å²) < 4.78 is 0. The van der Waals surface area contributed by atoms with E-state index in [1.165, 1.54) is 5.56 Å². The van der Waals surface area contributed by atoms with Crippen LogP contribution >= 0.6 is 0 Å². The van der Waals surface area contributed by atoms with Gasteiger partial charge in [-0.05, 0) is 17.2 Å². The van der Waals surface area contributed by atoms with Gasteiger partial charge in [0, 0.05) is 17.6 Å². The average Bonchev–Trinajstić information content (AvgIpc) is 2.65. The lowest BCUT2D eigenvalue weighted by Gasteiger charge is -2.25. The first-order valence-corrected chi connectivity index (χ1v) is 5.78. The minimum absolute atomic E-state index is 0.0194. The molecule has 0 saturated heterocycles. The molecule has 0 aromatic heterocycles. The van der Waals surface area contributed by atoms with E-state index in [2.05, 4.69) is 30.5 Å². The van der Waals surface area contributed by atoms with Gasteiger partial charge in [0.15, 0.2) is 0 Å². The van der Waals surface area contributed by atoms with E-state index in [1.807, 2.05) is 12.1 Å². The monoisotopic (exact) mass is 234 g/mol. The van der Waals surface area contributed by atoms with E-state index < -0.39 is 0 Å². The summed E-state index contributed by atoms with van der Waals surface area (Å²) >= 11 is 0. The van der Waals surface area contributed by atoms with Gasteiger partial charge in [-0.2, -0.15) is 0 Å². The Morgan fingerprint density at radius 2 is 2.24 bits per heavy atom. The smallest absolute Gasteiger partial charge is 0.228 e. The van der Waals surface area contributed by atoms with E-state index in [1.54, 1.807) is 0 Å². The molecule has 0 fully saturated rings. The Balaban J connectivity index is 2.23. The minimum atomic E-state index is -0.0661. The van der Waals surface area contributed by atoms with Gasteiger partial charge in [0.2, 0.25) is 5.91 Å². The molecule has 17 heavy (non-hydrogen) atoms. The summed E-state index contributed by atoms with van der Waals surface area (Å²) in [6.45, 7) is 4.90. The lowest BCUT2D eigenvalue weighted by molar-refractivity contribution is -0.115. The van der Waals surface area contributed by atoms with Crippen molar-refractivity contribution in [2.24, 2.45) is 0 Å². The molecule has 0 spiro atoms. The summed E-state index contributed by atoms with van der Waals surface area (Å²) in [7, 11) is 0. The van der Waals surface area contributed by atoms with Gasteiger partial charge in [-0.15, -0.1) is 0 Å². The first kappa shape index (κ1) is 12.1. The SMILES string of the molecule is CC(C)(CNCO)c1ccc2c(c1)CC(=O)N2. The van der Waals surface area contributed by atoms with E-state index in [0.717, 1.165) is 11.3 Å². The van der Waals surface area contributed by atoms with Crippen LogP contribution in [0.25, 0.3) is 0 Å². The number of carbonyl (C=O) groups is 1. The fourth-order valence-electron chi connectivity index (χ4n) is 2.12. The van der Waals surface area contributed by atoms with Crippen LogP contribution in [0, 0.1) is 0 Å². The quantitative estimate of drug-likeness (QED) is 0.681. The highest BCUT2D eigenvalue weighted by molar-refractivity contribution is 5.99. The number of carbonyl (C=O) groups excluding carboxylic acids is 1. The Hall–Kier alpha value is -1.39. The lowest BCUT2D eigenvalue weighted by atomic mass is 9.83. The second kappa shape index (κ2) is 4.47. The molecule has 1 heterocycles. The van der Waals surface area contributed by atoms with Crippen LogP contribution in [0.2, 0.25) is 0 Å². The van der Waals surface area contributed by atoms with Crippen LogP contribution in [0.5, 0.6) is 0 Å². The van der Waals surface area contributed by atoms with E-state index in [9.17, 15) is 4.79 Å². The van der Waals surface area contributed by atoms with Crippen LogP contribution < -0.4 is 10.6 Å². The molecular weight excluding hydrogens is 216 g/mol. The highest BCUT2D eigenvalue weighted by atomic mass is 16.3. The van der Waals surface area contributed by atoms with Gasteiger partial charge in [0.25, 0.3) is 0 Å². The van der Waals surface area contributed by atoms with E-state index >= 15 is 0 Å². The topological polar surface area (TPSA) is 61.4 Å². The summed E-state index contributed by atoms with van der Waals surface area (Å²) in [5.41, 5.74) is 3.09. The second-order valence-corrected chi connectivity index (χ2v) is 5.07.